The molecule has 0 heterocycles. The number of carbonyl (C=O) groups is 1. The average Bonchev–Trinajstić information content (AvgIpc) is 3.51. The van der Waals surface area contributed by atoms with Crippen molar-refractivity contribution in [1.29, 1.82) is 0 Å². The number of fused-ring (bicyclic) bond motifs is 3. The van der Waals surface area contributed by atoms with Crippen molar-refractivity contribution < 1.29 is 14.3 Å². The largest absolute Gasteiger partial charge is 0.494 e. The monoisotopic (exact) mass is 788 g/mol. The van der Waals surface area contributed by atoms with E-state index >= 15 is 0 Å². The Kier molecular flexibility index (Phi) is 22.6. The van der Waals surface area contributed by atoms with Crippen molar-refractivity contribution in [3.8, 4) is 16.9 Å². The van der Waals surface area contributed by atoms with Crippen LogP contribution in [0.25, 0.3) is 16.7 Å². The van der Waals surface area contributed by atoms with Gasteiger partial charge in [-0.25, -0.2) is 0 Å². The minimum atomic E-state index is -0.383. The predicted octanol–water partition coefficient (Wildman–Crippen LogP) is 16.5. The first-order valence-corrected chi connectivity index (χ1v) is 23.9. The number of hydrogen-bond donors (Lipinski definition) is 0. The fourth-order valence-electron chi connectivity index (χ4n) is 9.11. The molecule has 2 aromatic rings. The number of benzene rings is 2. The molecule has 2 aromatic carbocycles. The third kappa shape index (κ3) is 15.5. The van der Waals surface area contributed by atoms with Gasteiger partial charge in [-0.3, -0.25) is 4.79 Å². The molecule has 2 aliphatic carbocycles. The van der Waals surface area contributed by atoms with Gasteiger partial charge in [-0.2, -0.15) is 0 Å². The maximum atomic E-state index is 12.0. The van der Waals surface area contributed by atoms with Crippen LogP contribution < -0.4 is 4.74 Å². The van der Waals surface area contributed by atoms with Crippen molar-refractivity contribution in [3.05, 3.63) is 109 Å². The molecule has 0 aliphatic heterocycles. The highest BCUT2D eigenvalue weighted by Gasteiger charge is 2.43. The van der Waals surface area contributed by atoms with E-state index in [0.29, 0.717) is 6.42 Å². The number of allylic oxidation sites excluding steroid dienone is 6. The summed E-state index contributed by atoms with van der Waals surface area (Å²) in [5.41, 5.74) is 8.37. The Morgan fingerprint density at radius 2 is 1.16 bits per heavy atom. The molecule has 2 aliphatic rings. The van der Waals surface area contributed by atoms with Gasteiger partial charge in [-0.1, -0.05) is 174 Å². The van der Waals surface area contributed by atoms with E-state index in [0.717, 1.165) is 31.6 Å². The SMILES string of the molecule is C=CC(C=C)OC(=O)CCCCCCCCCCOc1ccc2c(c1)C(CCCCCCCCCC)(CCCCCCCCCC)c1cc(C3=CC=CC=[C+]3)ccc1-2. The van der Waals surface area contributed by atoms with E-state index in [1.807, 2.05) is 6.08 Å². The van der Waals surface area contributed by atoms with Crippen molar-refractivity contribution in [2.75, 3.05) is 6.61 Å². The number of carbonyl (C=O) groups excluding carboxylic acids is 1. The Morgan fingerprint density at radius 3 is 1.71 bits per heavy atom. The van der Waals surface area contributed by atoms with Crippen LogP contribution in [0.4, 0.5) is 0 Å². The fraction of sp³-hybridized carbons (Fsp3) is 0.582. The Morgan fingerprint density at radius 1 is 0.638 bits per heavy atom. The highest BCUT2D eigenvalue weighted by molar-refractivity contribution is 5.85. The van der Waals surface area contributed by atoms with Crippen LogP contribution in [0.5, 0.6) is 5.75 Å². The van der Waals surface area contributed by atoms with Crippen LogP contribution in [0.2, 0.25) is 0 Å². The lowest BCUT2D eigenvalue weighted by Crippen LogP contribution is -2.26. The van der Waals surface area contributed by atoms with Gasteiger partial charge >= 0.3 is 5.97 Å². The number of ether oxygens (including phenoxy) is 2. The second-order valence-electron chi connectivity index (χ2n) is 17.1. The maximum Gasteiger partial charge on any atom is 0.306 e. The smallest absolute Gasteiger partial charge is 0.306 e. The number of rotatable bonds is 34. The lowest BCUT2D eigenvalue weighted by Gasteiger charge is -2.33. The fourth-order valence-corrected chi connectivity index (χ4v) is 9.11. The van der Waals surface area contributed by atoms with Crippen molar-refractivity contribution in [2.24, 2.45) is 0 Å². The molecule has 0 amide bonds. The van der Waals surface area contributed by atoms with Crippen molar-refractivity contribution >= 4 is 11.5 Å². The van der Waals surface area contributed by atoms with Crippen LogP contribution in [0, 0.1) is 6.08 Å². The van der Waals surface area contributed by atoms with Gasteiger partial charge in [0.2, 0.25) is 0 Å². The summed E-state index contributed by atoms with van der Waals surface area (Å²) in [4.78, 5) is 12.0. The molecule has 0 atom stereocenters. The van der Waals surface area contributed by atoms with Gasteiger partial charge < -0.3 is 9.47 Å². The van der Waals surface area contributed by atoms with Crippen molar-refractivity contribution in [3.63, 3.8) is 0 Å². The van der Waals surface area contributed by atoms with Gasteiger partial charge in [0.1, 0.15) is 11.9 Å². The normalized spacial score (nSPS) is 13.5. The minimum Gasteiger partial charge on any atom is -0.494 e. The zero-order valence-electron chi connectivity index (χ0n) is 36.9. The van der Waals surface area contributed by atoms with E-state index in [1.54, 1.807) is 12.2 Å². The molecule has 316 valence electrons. The summed E-state index contributed by atoms with van der Waals surface area (Å²) in [7, 11) is 0. The van der Waals surface area contributed by atoms with Crippen LogP contribution in [-0.4, -0.2) is 18.7 Å². The summed E-state index contributed by atoms with van der Waals surface area (Å²) >= 11 is 0. The zero-order chi connectivity index (χ0) is 41.1. The highest BCUT2D eigenvalue weighted by atomic mass is 16.5. The third-order valence-corrected chi connectivity index (χ3v) is 12.5. The number of hydrogen-bond acceptors (Lipinski definition) is 3. The number of esters is 1. The Hall–Kier alpha value is -3.68. The second kappa shape index (κ2) is 27.9. The quantitative estimate of drug-likeness (QED) is 0.0307. The van der Waals surface area contributed by atoms with Crippen LogP contribution in [0.1, 0.15) is 204 Å². The van der Waals surface area contributed by atoms with E-state index in [1.165, 1.54) is 181 Å². The molecule has 0 aromatic heterocycles. The lowest BCUT2D eigenvalue weighted by molar-refractivity contribution is -0.145. The summed E-state index contributed by atoms with van der Waals surface area (Å²) in [6, 6.07) is 14.3. The molecule has 4 rings (SSSR count). The van der Waals surface area contributed by atoms with Crippen molar-refractivity contribution in [1.82, 2.24) is 0 Å². The van der Waals surface area contributed by atoms with E-state index in [2.05, 4.69) is 87.7 Å². The first-order valence-electron chi connectivity index (χ1n) is 23.9. The molecule has 0 saturated carbocycles. The Bertz CT molecular complexity index is 1560. The molecular weight excluding hydrogens is 709 g/mol. The molecule has 0 unspecified atom stereocenters. The van der Waals surface area contributed by atoms with Gasteiger partial charge in [0.15, 0.2) is 5.57 Å². The summed E-state index contributed by atoms with van der Waals surface area (Å²) in [6.07, 6.45) is 48.3. The molecule has 0 N–H and O–H groups in total. The standard InChI is InChI=1S/C55H79O3/c1-5-9-11-13-15-20-24-31-41-55(42-32-25-21-16-14-12-10-6-2)52-44-47(46-34-28-27-29-35-46)37-39-50(52)51-40-38-49(45-53(51)55)57-43-33-26-22-18-17-19-23-30-36-54(56)58-48(7-3)8-4/h7-8,27-29,34,37-40,44-45,48H,3-6,9-26,30-33,36,41-43H2,1-2H3/q+1. The zero-order valence-corrected chi connectivity index (χ0v) is 36.9. The average molecular weight is 788 g/mol. The van der Waals surface area contributed by atoms with E-state index in [9.17, 15) is 4.79 Å². The summed E-state index contributed by atoms with van der Waals surface area (Å²) < 4.78 is 11.9. The molecule has 0 saturated heterocycles. The topological polar surface area (TPSA) is 35.5 Å². The summed E-state index contributed by atoms with van der Waals surface area (Å²) in [5, 5.41) is 0. The molecule has 3 nitrogen and oxygen atoms in total. The van der Waals surface area contributed by atoms with E-state index in [4.69, 9.17) is 9.47 Å². The molecule has 58 heavy (non-hydrogen) atoms. The molecular formula is C55H79O3+. The molecule has 0 bridgehead atoms. The molecule has 0 fully saturated rings. The van der Waals surface area contributed by atoms with Crippen LogP contribution >= 0.6 is 0 Å². The lowest BCUT2D eigenvalue weighted by atomic mass is 9.70. The first-order chi connectivity index (χ1) is 28.6. The van der Waals surface area contributed by atoms with E-state index < -0.39 is 0 Å². The summed E-state index contributed by atoms with van der Waals surface area (Å²) in [6.45, 7) is 12.7. The first kappa shape index (κ1) is 47.0. The van der Waals surface area contributed by atoms with Gasteiger partial charge in [0, 0.05) is 36.1 Å². The van der Waals surface area contributed by atoms with Gasteiger partial charge in [-0.15, -0.1) is 0 Å². The summed E-state index contributed by atoms with van der Waals surface area (Å²) in [5.74, 6) is 0.872. The maximum absolute atomic E-state index is 12.0. The number of unbranched alkanes of at least 4 members (excludes halogenated alkanes) is 21. The minimum absolute atomic E-state index is 0.0131. The Balaban J connectivity index is 1.38. The van der Waals surface area contributed by atoms with Crippen LogP contribution in [0.15, 0.2) is 86.0 Å². The predicted molar refractivity (Wildman–Crippen MR) is 249 cm³/mol. The Labute approximate surface area is 355 Å². The van der Waals surface area contributed by atoms with E-state index in [-0.39, 0.29) is 17.5 Å². The second-order valence-corrected chi connectivity index (χ2v) is 17.1. The van der Waals surface area contributed by atoms with Gasteiger partial charge in [-0.05, 0) is 90.4 Å². The molecule has 3 heteroatoms. The van der Waals surface area contributed by atoms with Gasteiger partial charge in [0.05, 0.1) is 18.2 Å². The van der Waals surface area contributed by atoms with Crippen molar-refractivity contribution in [2.45, 2.75) is 199 Å². The van der Waals surface area contributed by atoms with Crippen LogP contribution in [-0.2, 0) is 14.9 Å². The highest BCUT2D eigenvalue weighted by Crippen LogP contribution is 2.55. The van der Waals surface area contributed by atoms with Crippen LogP contribution in [0.3, 0.4) is 0 Å². The molecule has 0 spiro atoms. The molecule has 0 radical (unpaired) electrons. The van der Waals surface area contributed by atoms with Gasteiger partial charge in [0.25, 0.3) is 0 Å². The third-order valence-electron chi connectivity index (χ3n) is 12.5.